The Morgan fingerprint density at radius 2 is 1.85 bits per heavy atom. The van der Waals surface area contributed by atoms with Gasteiger partial charge in [0.1, 0.15) is 5.82 Å². The molecule has 2 aliphatic rings. The first-order valence-corrected chi connectivity index (χ1v) is 10.2. The summed E-state index contributed by atoms with van der Waals surface area (Å²) >= 11 is 0. The zero-order valence-corrected chi connectivity index (χ0v) is 15.8. The summed E-state index contributed by atoms with van der Waals surface area (Å²) in [7, 11) is 0. The minimum Gasteiger partial charge on any atom is -0.392 e. The predicted molar refractivity (Wildman–Crippen MR) is 102 cm³/mol. The lowest BCUT2D eigenvalue weighted by Crippen LogP contribution is -2.42. The Balaban J connectivity index is 1.35. The van der Waals surface area contributed by atoms with E-state index in [1.807, 2.05) is 27.7 Å². The van der Waals surface area contributed by atoms with E-state index in [1.54, 1.807) is 0 Å². The zero-order valence-electron chi connectivity index (χ0n) is 15.8. The largest absolute Gasteiger partial charge is 0.392 e. The molecule has 2 aromatic rings. The summed E-state index contributed by atoms with van der Waals surface area (Å²) in [5.74, 6) is 1.68. The molecule has 0 spiro atoms. The van der Waals surface area contributed by atoms with E-state index in [9.17, 15) is 9.90 Å². The van der Waals surface area contributed by atoms with Crippen LogP contribution < -0.4 is 0 Å². The number of carbonyl (C=O) groups excluding carboxylic acids is 1. The van der Waals surface area contributed by atoms with Crippen LogP contribution in [0.25, 0.3) is 0 Å². The van der Waals surface area contributed by atoms with Gasteiger partial charge in [0.2, 0.25) is 5.82 Å². The molecule has 1 saturated heterocycles. The fraction of sp³-hybridized carbons (Fsp3) is 0.571. The highest BCUT2D eigenvalue weighted by Gasteiger charge is 2.30. The van der Waals surface area contributed by atoms with Crippen LogP contribution in [0.5, 0.6) is 0 Å². The van der Waals surface area contributed by atoms with E-state index in [2.05, 4.69) is 22.3 Å². The van der Waals surface area contributed by atoms with Crippen LogP contribution in [-0.2, 0) is 19.4 Å². The number of aliphatic hydroxyl groups is 1. The van der Waals surface area contributed by atoms with E-state index in [-0.39, 0.29) is 17.9 Å². The van der Waals surface area contributed by atoms with Crippen LogP contribution in [0.3, 0.4) is 0 Å². The van der Waals surface area contributed by atoms with Crippen LogP contribution in [0.2, 0.25) is 0 Å². The first kappa shape index (κ1) is 18.2. The Morgan fingerprint density at radius 1 is 1.07 bits per heavy atom. The fourth-order valence-corrected chi connectivity index (χ4v) is 4.29. The van der Waals surface area contributed by atoms with Crippen molar-refractivity contribution in [3.63, 3.8) is 0 Å². The van der Waals surface area contributed by atoms with Gasteiger partial charge in [-0.2, -0.15) is 0 Å². The van der Waals surface area contributed by atoms with Gasteiger partial charge in [-0.15, -0.1) is 10.2 Å². The number of aliphatic hydroxyl groups excluding tert-OH is 1. The average Bonchev–Trinajstić information content (AvgIpc) is 2.96. The van der Waals surface area contributed by atoms with Crippen LogP contribution in [0.15, 0.2) is 30.3 Å². The molecule has 6 nitrogen and oxygen atoms in total. The predicted octanol–water partition coefficient (Wildman–Crippen LogP) is 2.46. The summed E-state index contributed by atoms with van der Waals surface area (Å²) in [6.07, 6.45) is 6.29. The topological polar surface area (TPSA) is 71.2 Å². The molecule has 144 valence electrons. The lowest BCUT2D eigenvalue weighted by Gasteiger charge is -2.34. The summed E-state index contributed by atoms with van der Waals surface area (Å²) in [6, 6.07) is 10.1. The summed E-state index contributed by atoms with van der Waals surface area (Å²) in [4.78, 5) is 14.8. The Kier molecular flexibility index (Phi) is 5.53. The molecule has 0 aliphatic carbocycles. The normalized spacial score (nSPS) is 19.4. The highest BCUT2D eigenvalue weighted by Crippen LogP contribution is 2.24. The van der Waals surface area contributed by atoms with Gasteiger partial charge in [0.15, 0.2) is 0 Å². The third-order valence-electron chi connectivity index (χ3n) is 5.96. The van der Waals surface area contributed by atoms with Crippen LogP contribution in [0.4, 0.5) is 0 Å². The second-order valence-electron chi connectivity index (χ2n) is 7.79. The van der Waals surface area contributed by atoms with Crippen molar-refractivity contribution < 1.29 is 9.90 Å². The first-order valence-electron chi connectivity index (χ1n) is 10.2. The highest BCUT2D eigenvalue weighted by molar-refractivity contribution is 5.90. The molecule has 1 N–H and O–H groups in total. The number of nitrogens with zero attached hydrogens (tertiary/aromatic N) is 4. The van der Waals surface area contributed by atoms with Crippen molar-refractivity contribution in [1.82, 2.24) is 19.7 Å². The van der Waals surface area contributed by atoms with Crippen LogP contribution in [0.1, 0.15) is 54.1 Å². The van der Waals surface area contributed by atoms with E-state index < -0.39 is 0 Å². The molecule has 0 radical (unpaired) electrons. The molecule has 1 aromatic heterocycles. The number of likely N-dealkylation sites (tertiary alicyclic amines) is 1. The van der Waals surface area contributed by atoms with E-state index in [0.29, 0.717) is 25.3 Å². The first-order chi connectivity index (χ1) is 13.2. The van der Waals surface area contributed by atoms with Gasteiger partial charge in [-0.05, 0) is 43.6 Å². The summed E-state index contributed by atoms with van der Waals surface area (Å²) in [5, 5.41) is 19.0. The van der Waals surface area contributed by atoms with Gasteiger partial charge in [-0.1, -0.05) is 36.8 Å². The molecule has 1 aromatic carbocycles. The van der Waals surface area contributed by atoms with Gasteiger partial charge < -0.3 is 14.6 Å². The number of benzene rings is 1. The highest BCUT2D eigenvalue weighted by atomic mass is 16.3. The molecular formula is C21H28N4O2. The lowest BCUT2D eigenvalue weighted by atomic mass is 9.88. The van der Waals surface area contributed by atoms with E-state index in [1.165, 1.54) is 6.42 Å². The molecule has 3 heterocycles. The minimum absolute atomic E-state index is 0.00773. The van der Waals surface area contributed by atoms with Crippen molar-refractivity contribution in [1.29, 1.82) is 0 Å². The van der Waals surface area contributed by atoms with E-state index in [4.69, 9.17) is 0 Å². The molecule has 2 aliphatic heterocycles. The summed E-state index contributed by atoms with van der Waals surface area (Å²) < 4.78 is 2.02. The molecular weight excluding hydrogens is 340 g/mol. The second-order valence-corrected chi connectivity index (χ2v) is 7.79. The fourth-order valence-electron chi connectivity index (χ4n) is 4.29. The number of piperidine rings is 1. The second kappa shape index (κ2) is 8.21. The molecule has 6 heteroatoms. The van der Waals surface area contributed by atoms with Gasteiger partial charge >= 0.3 is 0 Å². The smallest absolute Gasteiger partial charge is 0.291 e. The molecule has 1 atom stereocenters. The molecule has 27 heavy (non-hydrogen) atoms. The van der Waals surface area contributed by atoms with Gasteiger partial charge in [-0.25, -0.2) is 0 Å². The molecule has 1 fully saturated rings. The van der Waals surface area contributed by atoms with Crippen molar-refractivity contribution in [3.05, 3.63) is 47.5 Å². The third kappa shape index (κ3) is 4.05. The molecule has 0 unspecified atom stereocenters. The van der Waals surface area contributed by atoms with Gasteiger partial charge in [-0.3, -0.25) is 4.79 Å². The number of amides is 1. The maximum atomic E-state index is 13.0. The van der Waals surface area contributed by atoms with Crippen molar-refractivity contribution in [3.8, 4) is 0 Å². The zero-order chi connectivity index (χ0) is 18.6. The van der Waals surface area contributed by atoms with Gasteiger partial charge in [0.25, 0.3) is 5.91 Å². The number of fused-ring (bicyclic) bond motifs is 1. The molecule has 1 amide bonds. The van der Waals surface area contributed by atoms with Crippen molar-refractivity contribution >= 4 is 5.91 Å². The number of hydrogen-bond donors (Lipinski definition) is 1. The standard InChI is InChI=1S/C21H28N4O2/c26-18(15-16-7-3-1-4-8-16)17-10-13-24(14-11-17)21(27)20-23-22-19-9-5-2-6-12-25(19)20/h1,3-4,7-8,17-18,26H,2,5-6,9-15H2/t18-/m0/s1. The van der Waals surface area contributed by atoms with Crippen LogP contribution in [-0.4, -0.2) is 49.9 Å². The Bertz CT molecular complexity index is 766. The monoisotopic (exact) mass is 368 g/mol. The van der Waals surface area contributed by atoms with Crippen LogP contribution in [0, 0.1) is 5.92 Å². The van der Waals surface area contributed by atoms with Crippen molar-refractivity contribution in [2.24, 2.45) is 5.92 Å². The number of rotatable bonds is 4. The minimum atomic E-state index is -0.353. The van der Waals surface area contributed by atoms with E-state index >= 15 is 0 Å². The SMILES string of the molecule is O=C(c1nnc2n1CCCCC2)N1CCC([C@@H](O)Cc2ccccc2)CC1. The Hall–Kier alpha value is -2.21. The van der Waals surface area contributed by atoms with Gasteiger partial charge in [0, 0.05) is 26.1 Å². The summed E-state index contributed by atoms with van der Waals surface area (Å²) in [5.41, 5.74) is 1.16. The Morgan fingerprint density at radius 3 is 2.63 bits per heavy atom. The van der Waals surface area contributed by atoms with Crippen LogP contribution >= 0.6 is 0 Å². The quantitative estimate of drug-likeness (QED) is 0.900. The number of aryl methyl sites for hydroxylation is 1. The molecule has 4 rings (SSSR count). The Labute approximate surface area is 160 Å². The maximum absolute atomic E-state index is 13.0. The third-order valence-corrected chi connectivity index (χ3v) is 5.96. The molecule has 0 bridgehead atoms. The van der Waals surface area contributed by atoms with Gasteiger partial charge in [0.05, 0.1) is 6.10 Å². The van der Waals surface area contributed by atoms with Crippen molar-refractivity contribution in [2.45, 2.75) is 57.6 Å². The number of hydrogen-bond acceptors (Lipinski definition) is 4. The maximum Gasteiger partial charge on any atom is 0.291 e. The number of carbonyl (C=O) groups is 1. The lowest BCUT2D eigenvalue weighted by molar-refractivity contribution is 0.0456. The average molecular weight is 368 g/mol. The molecule has 0 saturated carbocycles. The summed E-state index contributed by atoms with van der Waals surface area (Å²) in [6.45, 7) is 2.20. The van der Waals surface area contributed by atoms with Crippen molar-refractivity contribution in [2.75, 3.05) is 13.1 Å². The van der Waals surface area contributed by atoms with E-state index in [0.717, 1.165) is 50.0 Å². The number of aromatic nitrogens is 3.